The molecule has 1 aromatic heterocycles. The number of aryl methyl sites for hydroxylation is 1. The lowest BCUT2D eigenvalue weighted by Crippen LogP contribution is -2.49. The van der Waals surface area contributed by atoms with Gasteiger partial charge in [-0.1, -0.05) is 49.2 Å². The summed E-state index contributed by atoms with van der Waals surface area (Å²) in [5.41, 5.74) is 3.24. The van der Waals surface area contributed by atoms with Crippen molar-refractivity contribution in [3.8, 4) is 11.3 Å². The Morgan fingerprint density at radius 1 is 0.971 bits per heavy atom. The number of nitrogens with one attached hydrogen (secondary N) is 1. The Bertz CT molecular complexity index is 1230. The zero-order valence-electron chi connectivity index (χ0n) is 20.1. The van der Waals surface area contributed by atoms with E-state index in [4.69, 9.17) is 27.6 Å². The molecule has 1 aliphatic rings. The maximum Gasteiger partial charge on any atom is 0.291 e. The molecule has 0 aliphatic carbocycles. The second kappa shape index (κ2) is 10.8. The number of piperazine rings is 1. The SMILES string of the molecule is Cc1ccc(-c2ccc(C(=O)Nc3ccc(N4CCN(C(=O)CC(C)C)CC4)c(Cl)c3)o2)cc1Cl. The van der Waals surface area contributed by atoms with Gasteiger partial charge < -0.3 is 19.5 Å². The molecular formula is C27H29Cl2N3O3. The van der Waals surface area contributed by atoms with E-state index in [-0.39, 0.29) is 17.6 Å². The van der Waals surface area contributed by atoms with Crippen LogP contribution in [0.2, 0.25) is 10.0 Å². The van der Waals surface area contributed by atoms with Gasteiger partial charge in [0, 0.05) is 48.9 Å². The molecule has 1 N–H and O–H groups in total. The van der Waals surface area contributed by atoms with Crippen LogP contribution in [-0.4, -0.2) is 42.9 Å². The van der Waals surface area contributed by atoms with Crippen LogP contribution in [0.5, 0.6) is 0 Å². The zero-order chi connectivity index (χ0) is 25.1. The van der Waals surface area contributed by atoms with Gasteiger partial charge in [0.2, 0.25) is 5.91 Å². The molecule has 184 valence electrons. The van der Waals surface area contributed by atoms with E-state index in [1.807, 2.05) is 42.2 Å². The number of benzene rings is 2. The Morgan fingerprint density at radius 3 is 2.37 bits per heavy atom. The summed E-state index contributed by atoms with van der Waals surface area (Å²) in [6.07, 6.45) is 0.574. The third kappa shape index (κ3) is 6.00. The van der Waals surface area contributed by atoms with Gasteiger partial charge >= 0.3 is 0 Å². The van der Waals surface area contributed by atoms with Crippen molar-refractivity contribution < 1.29 is 14.0 Å². The van der Waals surface area contributed by atoms with Crippen molar-refractivity contribution in [1.82, 2.24) is 4.90 Å². The van der Waals surface area contributed by atoms with Crippen molar-refractivity contribution in [2.45, 2.75) is 27.2 Å². The van der Waals surface area contributed by atoms with Crippen LogP contribution in [0.4, 0.5) is 11.4 Å². The summed E-state index contributed by atoms with van der Waals surface area (Å²) in [6, 6.07) is 14.5. The van der Waals surface area contributed by atoms with Gasteiger partial charge in [0.1, 0.15) is 5.76 Å². The minimum absolute atomic E-state index is 0.194. The molecule has 1 fully saturated rings. The fourth-order valence-electron chi connectivity index (χ4n) is 4.07. The molecule has 2 aromatic carbocycles. The van der Waals surface area contributed by atoms with Gasteiger partial charge in [-0.3, -0.25) is 9.59 Å². The predicted molar refractivity (Wildman–Crippen MR) is 142 cm³/mol. The summed E-state index contributed by atoms with van der Waals surface area (Å²) < 4.78 is 5.76. The number of carbonyl (C=O) groups excluding carboxylic acids is 2. The number of carbonyl (C=O) groups is 2. The summed E-state index contributed by atoms with van der Waals surface area (Å²) >= 11 is 12.8. The molecule has 2 amide bonds. The first-order valence-electron chi connectivity index (χ1n) is 11.7. The molecule has 4 rings (SSSR count). The van der Waals surface area contributed by atoms with Crippen LogP contribution >= 0.6 is 23.2 Å². The summed E-state index contributed by atoms with van der Waals surface area (Å²) in [4.78, 5) is 29.1. The smallest absolute Gasteiger partial charge is 0.291 e. The quantitative estimate of drug-likeness (QED) is 0.407. The van der Waals surface area contributed by atoms with Crippen molar-refractivity contribution in [1.29, 1.82) is 0 Å². The normalized spacial score (nSPS) is 13.9. The van der Waals surface area contributed by atoms with Crippen molar-refractivity contribution in [3.63, 3.8) is 0 Å². The van der Waals surface area contributed by atoms with Gasteiger partial charge in [0.05, 0.1) is 10.7 Å². The molecule has 35 heavy (non-hydrogen) atoms. The van der Waals surface area contributed by atoms with Crippen LogP contribution in [0.3, 0.4) is 0 Å². The van der Waals surface area contributed by atoms with Crippen molar-refractivity contribution in [2.75, 3.05) is 36.4 Å². The van der Waals surface area contributed by atoms with Crippen LogP contribution in [0.15, 0.2) is 52.9 Å². The minimum atomic E-state index is -0.365. The Hall–Kier alpha value is -2.96. The Labute approximate surface area is 215 Å². The highest BCUT2D eigenvalue weighted by molar-refractivity contribution is 6.33. The molecule has 0 spiro atoms. The number of anilines is 2. The molecule has 3 aromatic rings. The first-order valence-corrected chi connectivity index (χ1v) is 12.5. The van der Waals surface area contributed by atoms with Crippen LogP contribution in [0, 0.1) is 12.8 Å². The molecule has 0 radical (unpaired) electrons. The van der Waals surface area contributed by atoms with Crippen molar-refractivity contribution in [2.24, 2.45) is 5.92 Å². The molecule has 1 saturated heterocycles. The standard InChI is InChI=1S/C27H29Cl2N3O3/c1-17(2)14-26(33)32-12-10-31(11-13-32)23-7-6-20(16-22(23)29)30-27(34)25-9-8-24(35-25)19-5-4-18(3)21(28)15-19/h4-9,15-17H,10-14H2,1-3H3,(H,30,34). The lowest BCUT2D eigenvalue weighted by molar-refractivity contribution is -0.132. The number of rotatable bonds is 6. The third-order valence-corrected chi connectivity index (χ3v) is 6.76. The molecule has 8 heteroatoms. The van der Waals surface area contributed by atoms with Crippen LogP contribution < -0.4 is 10.2 Å². The van der Waals surface area contributed by atoms with Crippen LogP contribution in [-0.2, 0) is 4.79 Å². The highest BCUT2D eigenvalue weighted by atomic mass is 35.5. The van der Waals surface area contributed by atoms with Gasteiger partial charge in [-0.15, -0.1) is 0 Å². The number of hydrogen-bond acceptors (Lipinski definition) is 4. The van der Waals surface area contributed by atoms with Gasteiger partial charge in [0.25, 0.3) is 5.91 Å². The molecule has 6 nitrogen and oxygen atoms in total. The second-order valence-corrected chi connectivity index (χ2v) is 10.0. The Morgan fingerprint density at radius 2 is 1.71 bits per heavy atom. The maximum absolute atomic E-state index is 12.7. The zero-order valence-corrected chi connectivity index (χ0v) is 21.6. The summed E-state index contributed by atoms with van der Waals surface area (Å²) in [5.74, 6) is 0.952. The molecule has 0 saturated carbocycles. The number of nitrogens with zero attached hydrogens (tertiary/aromatic N) is 2. The van der Waals surface area contributed by atoms with E-state index in [1.54, 1.807) is 18.2 Å². The predicted octanol–water partition coefficient (Wildman–Crippen LogP) is 6.51. The molecule has 2 heterocycles. The first-order chi connectivity index (χ1) is 16.7. The summed E-state index contributed by atoms with van der Waals surface area (Å²) in [7, 11) is 0. The average molecular weight is 514 g/mol. The van der Waals surface area contributed by atoms with E-state index in [1.165, 1.54) is 0 Å². The van der Waals surface area contributed by atoms with E-state index in [2.05, 4.69) is 24.1 Å². The van der Waals surface area contributed by atoms with Crippen molar-refractivity contribution >= 4 is 46.4 Å². The number of hydrogen-bond donors (Lipinski definition) is 1. The van der Waals surface area contributed by atoms with Gasteiger partial charge in [-0.25, -0.2) is 0 Å². The van der Waals surface area contributed by atoms with E-state index in [0.717, 1.165) is 16.8 Å². The van der Waals surface area contributed by atoms with Gasteiger partial charge in [-0.05, 0) is 54.8 Å². The second-order valence-electron chi connectivity index (χ2n) is 9.21. The fourth-order valence-corrected chi connectivity index (χ4v) is 4.55. The number of furan rings is 1. The minimum Gasteiger partial charge on any atom is -0.451 e. The monoisotopic (exact) mass is 513 g/mol. The van der Waals surface area contributed by atoms with E-state index in [0.29, 0.717) is 60.0 Å². The van der Waals surface area contributed by atoms with E-state index in [9.17, 15) is 9.59 Å². The van der Waals surface area contributed by atoms with Crippen LogP contribution in [0.1, 0.15) is 36.4 Å². The molecule has 0 bridgehead atoms. The molecular weight excluding hydrogens is 485 g/mol. The van der Waals surface area contributed by atoms with E-state index >= 15 is 0 Å². The number of amides is 2. The lowest BCUT2D eigenvalue weighted by Gasteiger charge is -2.36. The highest BCUT2D eigenvalue weighted by Gasteiger charge is 2.23. The molecule has 0 unspecified atom stereocenters. The average Bonchev–Trinajstić information content (AvgIpc) is 3.31. The maximum atomic E-state index is 12.7. The molecule has 0 atom stereocenters. The van der Waals surface area contributed by atoms with E-state index < -0.39 is 0 Å². The van der Waals surface area contributed by atoms with Gasteiger partial charge in [0.15, 0.2) is 5.76 Å². The summed E-state index contributed by atoms with van der Waals surface area (Å²) in [6.45, 7) is 8.82. The number of halogens is 2. The highest BCUT2D eigenvalue weighted by Crippen LogP contribution is 2.31. The first kappa shape index (κ1) is 25.1. The Balaban J connectivity index is 1.38. The van der Waals surface area contributed by atoms with Crippen molar-refractivity contribution in [3.05, 3.63) is 69.9 Å². The topological polar surface area (TPSA) is 65.8 Å². The third-order valence-electron chi connectivity index (χ3n) is 6.05. The van der Waals surface area contributed by atoms with Crippen LogP contribution in [0.25, 0.3) is 11.3 Å². The molecule has 1 aliphatic heterocycles. The Kier molecular flexibility index (Phi) is 7.72. The fraction of sp³-hybridized carbons (Fsp3) is 0.333. The largest absolute Gasteiger partial charge is 0.451 e. The van der Waals surface area contributed by atoms with Gasteiger partial charge in [-0.2, -0.15) is 0 Å². The lowest BCUT2D eigenvalue weighted by atomic mass is 10.1. The summed E-state index contributed by atoms with van der Waals surface area (Å²) in [5, 5.41) is 4.02.